The molecule has 4 nitrogen and oxygen atoms in total. The van der Waals surface area contributed by atoms with E-state index in [0.717, 1.165) is 17.7 Å². The Morgan fingerprint density at radius 1 is 1.33 bits per heavy atom. The third-order valence-corrected chi connectivity index (χ3v) is 4.54. The lowest BCUT2D eigenvalue weighted by molar-refractivity contribution is 0.648. The quantitative estimate of drug-likeness (QED) is 0.664. The zero-order chi connectivity index (χ0) is 15.4. The number of halogens is 2. The second-order valence-electron chi connectivity index (χ2n) is 4.47. The van der Waals surface area contributed by atoms with Crippen molar-refractivity contribution in [1.82, 2.24) is 9.55 Å². The van der Waals surface area contributed by atoms with Gasteiger partial charge in [-0.05, 0) is 24.1 Å². The fourth-order valence-corrected chi connectivity index (χ4v) is 3.11. The summed E-state index contributed by atoms with van der Waals surface area (Å²) in [6.45, 7) is 2.41. The fourth-order valence-electron chi connectivity index (χ4n) is 1.77. The molecule has 1 heterocycles. The zero-order valence-electron chi connectivity index (χ0n) is 11.5. The van der Waals surface area contributed by atoms with E-state index < -0.39 is 0 Å². The number of nitrogen functional groups attached to an aromatic ring is 1. The van der Waals surface area contributed by atoms with Gasteiger partial charge in [-0.3, -0.25) is 9.36 Å². The largest absolute Gasteiger partial charge is 0.383 e. The second kappa shape index (κ2) is 7.20. The highest BCUT2D eigenvalue weighted by Crippen LogP contribution is 2.23. The molecule has 0 aliphatic rings. The molecule has 0 atom stereocenters. The number of hydrogen-bond donors (Lipinski definition) is 1. The summed E-state index contributed by atoms with van der Waals surface area (Å²) >= 11 is 13.6. The van der Waals surface area contributed by atoms with Gasteiger partial charge in [0.25, 0.3) is 5.56 Å². The Kier molecular flexibility index (Phi) is 5.56. The minimum atomic E-state index is -0.188. The highest BCUT2D eigenvalue weighted by Gasteiger charge is 2.10. The van der Waals surface area contributed by atoms with E-state index in [2.05, 4.69) is 11.9 Å². The third-order valence-electron chi connectivity index (χ3n) is 2.77. The van der Waals surface area contributed by atoms with Crippen molar-refractivity contribution in [3.63, 3.8) is 0 Å². The zero-order valence-corrected chi connectivity index (χ0v) is 13.8. The molecule has 0 fully saturated rings. The molecule has 0 aliphatic carbocycles. The van der Waals surface area contributed by atoms with Crippen LogP contribution in [-0.2, 0) is 6.54 Å². The van der Waals surface area contributed by atoms with Crippen LogP contribution in [0.3, 0.4) is 0 Å². The van der Waals surface area contributed by atoms with Gasteiger partial charge in [-0.25, -0.2) is 4.98 Å². The van der Waals surface area contributed by atoms with Crippen LogP contribution < -0.4 is 11.3 Å². The highest BCUT2D eigenvalue weighted by molar-refractivity contribution is 7.99. The average Bonchev–Trinajstić information content (AvgIpc) is 2.42. The van der Waals surface area contributed by atoms with Crippen LogP contribution in [-0.4, -0.2) is 15.3 Å². The first-order valence-electron chi connectivity index (χ1n) is 6.45. The first-order chi connectivity index (χ1) is 10.0. The summed E-state index contributed by atoms with van der Waals surface area (Å²) in [5.74, 6) is 1.10. The summed E-state index contributed by atoms with van der Waals surface area (Å²) < 4.78 is 1.58. The Hall–Kier alpha value is -1.17. The summed E-state index contributed by atoms with van der Waals surface area (Å²) in [5, 5.41) is 1.69. The Balaban J connectivity index is 2.40. The molecule has 2 aromatic rings. The van der Waals surface area contributed by atoms with Crippen LogP contribution in [0, 0.1) is 0 Å². The van der Waals surface area contributed by atoms with Crippen molar-refractivity contribution in [3.8, 4) is 0 Å². The maximum Gasteiger partial charge on any atom is 0.256 e. The Labute approximate surface area is 137 Å². The molecule has 0 bridgehead atoms. The van der Waals surface area contributed by atoms with Gasteiger partial charge in [-0.2, -0.15) is 0 Å². The van der Waals surface area contributed by atoms with Crippen molar-refractivity contribution in [2.24, 2.45) is 0 Å². The number of nitrogens with two attached hydrogens (primary N) is 1. The molecule has 0 spiro atoms. The molecule has 0 amide bonds. The molecule has 21 heavy (non-hydrogen) atoms. The van der Waals surface area contributed by atoms with E-state index in [1.165, 1.54) is 17.8 Å². The van der Waals surface area contributed by atoms with Gasteiger partial charge in [0.15, 0.2) is 5.16 Å². The molecule has 0 saturated heterocycles. The van der Waals surface area contributed by atoms with Crippen molar-refractivity contribution in [3.05, 3.63) is 50.2 Å². The van der Waals surface area contributed by atoms with E-state index in [0.29, 0.717) is 21.7 Å². The lowest BCUT2D eigenvalue weighted by Crippen LogP contribution is -2.24. The molecule has 0 radical (unpaired) electrons. The fraction of sp³-hybridized carbons (Fsp3) is 0.286. The van der Waals surface area contributed by atoms with Gasteiger partial charge in [0.2, 0.25) is 0 Å². The van der Waals surface area contributed by atoms with Gasteiger partial charge in [0.1, 0.15) is 5.82 Å². The predicted molar refractivity (Wildman–Crippen MR) is 89.5 cm³/mol. The normalized spacial score (nSPS) is 10.8. The van der Waals surface area contributed by atoms with E-state index in [-0.39, 0.29) is 11.4 Å². The van der Waals surface area contributed by atoms with Gasteiger partial charge in [-0.1, -0.05) is 48.0 Å². The van der Waals surface area contributed by atoms with Crippen LogP contribution in [0.1, 0.15) is 18.9 Å². The van der Waals surface area contributed by atoms with Crippen molar-refractivity contribution >= 4 is 40.8 Å². The van der Waals surface area contributed by atoms with Gasteiger partial charge in [-0.15, -0.1) is 0 Å². The molecule has 1 aromatic heterocycles. The lowest BCUT2D eigenvalue weighted by Gasteiger charge is -2.13. The van der Waals surface area contributed by atoms with Crippen molar-refractivity contribution in [2.45, 2.75) is 25.0 Å². The number of thioether (sulfide) groups is 1. The van der Waals surface area contributed by atoms with Crippen LogP contribution in [0.2, 0.25) is 10.0 Å². The van der Waals surface area contributed by atoms with Gasteiger partial charge >= 0.3 is 0 Å². The molecule has 1 aromatic carbocycles. The molecule has 112 valence electrons. The average molecular weight is 344 g/mol. The number of aromatic nitrogens is 2. The van der Waals surface area contributed by atoms with Crippen LogP contribution in [0.15, 0.2) is 34.2 Å². The van der Waals surface area contributed by atoms with Crippen LogP contribution in [0.25, 0.3) is 0 Å². The topological polar surface area (TPSA) is 60.9 Å². The summed E-state index contributed by atoms with van der Waals surface area (Å²) in [7, 11) is 0. The van der Waals surface area contributed by atoms with E-state index in [4.69, 9.17) is 28.9 Å². The molecule has 7 heteroatoms. The smallest absolute Gasteiger partial charge is 0.256 e. The maximum absolute atomic E-state index is 12.2. The lowest BCUT2D eigenvalue weighted by atomic mass is 10.2. The second-order valence-corrected chi connectivity index (χ2v) is 6.38. The van der Waals surface area contributed by atoms with E-state index in [1.54, 1.807) is 16.7 Å². The monoisotopic (exact) mass is 343 g/mol. The maximum atomic E-state index is 12.2. The summed E-state index contributed by atoms with van der Waals surface area (Å²) in [5.41, 5.74) is 6.29. The van der Waals surface area contributed by atoms with Gasteiger partial charge in [0.05, 0.1) is 6.54 Å². The predicted octanol–water partition coefficient (Wildman–Crippen LogP) is 3.68. The molecule has 0 unspecified atom stereocenters. The molecular formula is C14H15Cl2N3OS. The number of anilines is 1. The summed E-state index contributed by atoms with van der Waals surface area (Å²) in [4.78, 5) is 16.4. The van der Waals surface area contributed by atoms with Crippen molar-refractivity contribution in [1.29, 1.82) is 0 Å². The molecule has 2 N–H and O–H groups in total. The van der Waals surface area contributed by atoms with E-state index in [1.807, 2.05) is 6.07 Å². The number of nitrogens with zero attached hydrogens (tertiary/aromatic N) is 2. The van der Waals surface area contributed by atoms with Gasteiger partial charge < -0.3 is 5.73 Å². The minimum Gasteiger partial charge on any atom is -0.383 e. The van der Waals surface area contributed by atoms with Crippen molar-refractivity contribution in [2.75, 3.05) is 11.5 Å². The molecule has 0 saturated carbocycles. The van der Waals surface area contributed by atoms with Gasteiger partial charge in [0, 0.05) is 21.9 Å². The summed E-state index contributed by atoms with van der Waals surface area (Å²) in [6, 6.07) is 6.53. The minimum absolute atomic E-state index is 0.188. The molecule has 2 rings (SSSR count). The Bertz CT molecular complexity index is 703. The first-order valence-corrected chi connectivity index (χ1v) is 8.19. The molecular weight excluding hydrogens is 329 g/mol. The highest BCUT2D eigenvalue weighted by atomic mass is 35.5. The standard InChI is InChI=1S/C14H15Cl2N3OS/c1-2-5-21-14-18-12(17)7-13(20)19(14)8-9-3-4-10(15)6-11(9)16/h3-4,6-7H,2,5,8,17H2,1H3. The van der Waals surface area contributed by atoms with Crippen LogP contribution in [0.4, 0.5) is 5.82 Å². The SMILES string of the molecule is CCCSc1nc(N)cc(=O)n1Cc1ccc(Cl)cc1Cl. The molecule has 0 aliphatic heterocycles. The number of benzene rings is 1. The van der Waals surface area contributed by atoms with Crippen LogP contribution in [0.5, 0.6) is 0 Å². The first kappa shape index (κ1) is 16.2. The number of rotatable bonds is 5. The van der Waals surface area contributed by atoms with E-state index >= 15 is 0 Å². The number of hydrogen-bond acceptors (Lipinski definition) is 4. The Morgan fingerprint density at radius 2 is 2.10 bits per heavy atom. The van der Waals surface area contributed by atoms with Crippen LogP contribution >= 0.6 is 35.0 Å². The van der Waals surface area contributed by atoms with E-state index in [9.17, 15) is 4.79 Å². The van der Waals surface area contributed by atoms with Crippen molar-refractivity contribution < 1.29 is 0 Å². The third kappa shape index (κ3) is 4.15. The Morgan fingerprint density at radius 3 is 2.76 bits per heavy atom. The summed E-state index contributed by atoms with van der Waals surface area (Å²) in [6.07, 6.45) is 0.983.